The first-order valence-electron chi connectivity index (χ1n) is 24.9. The quantitative estimate of drug-likeness (QED) is 0.171. The summed E-state index contributed by atoms with van der Waals surface area (Å²) in [7, 11) is 1.75. The Morgan fingerprint density at radius 1 is 0.469 bits per heavy atom. The molecule has 8 fully saturated rings. The Bertz CT molecular complexity index is 2440. The van der Waals surface area contributed by atoms with Crippen LogP contribution in [0.25, 0.3) is 44.8 Å². The van der Waals surface area contributed by atoms with E-state index < -0.39 is 0 Å². The van der Waals surface area contributed by atoms with Crippen molar-refractivity contribution in [3.05, 3.63) is 106 Å². The van der Waals surface area contributed by atoms with Crippen molar-refractivity contribution in [3.63, 3.8) is 0 Å². The zero-order valence-corrected chi connectivity index (χ0v) is 40.1. The molecule has 0 atom stereocenters. The Balaban J connectivity index is 1.09. The van der Waals surface area contributed by atoms with E-state index in [-0.39, 0.29) is 21.7 Å². The van der Waals surface area contributed by atoms with Gasteiger partial charge in [0.2, 0.25) is 0 Å². The van der Waals surface area contributed by atoms with Gasteiger partial charge in [0.25, 0.3) is 0 Å². The lowest BCUT2D eigenvalue weighted by Crippen LogP contribution is -2.48. The molecule has 0 radical (unpaired) electrons. The third-order valence-electron chi connectivity index (χ3n) is 17.7. The first-order chi connectivity index (χ1) is 30.4. The molecule has 0 saturated heterocycles. The Labute approximate surface area is 383 Å². The van der Waals surface area contributed by atoms with Crippen LogP contribution in [0.1, 0.15) is 152 Å². The largest absolute Gasteiger partial charge is 0.507 e. The highest BCUT2D eigenvalue weighted by atomic mass is 16.5. The van der Waals surface area contributed by atoms with Gasteiger partial charge in [0.15, 0.2) is 0 Å². The van der Waals surface area contributed by atoms with E-state index in [1.54, 1.807) is 7.11 Å². The summed E-state index contributed by atoms with van der Waals surface area (Å²) in [4.78, 5) is 5.66. The average Bonchev–Trinajstić information content (AvgIpc) is 3.23. The third kappa shape index (κ3) is 7.02. The van der Waals surface area contributed by atoms with Gasteiger partial charge in [0.1, 0.15) is 17.2 Å². The van der Waals surface area contributed by atoms with Gasteiger partial charge in [-0.15, -0.1) is 0 Å². The van der Waals surface area contributed by atoms with Crippen LogP contribution in [0, 0.1) is 49.4 Å². The van der Waals surface area contributed by atoms with E-state index in [9.17, 15) is 10.2 Å². The van der Waals surface area contributed by atoms with Gasteiger partial charge >= 0.3 is 0 Å². The van der Waals surface area contributed by atoms with E-state index >= 15 is 0 Å². The predicted octanol–water partition coefficient (Wildman–Crippen LogP) is 15.3. The molecule has 4 heteroatoms. The fourth-order valence-electron chi connectivity index (χ4n) is 15.5. The van der Waals surface area contributed by atoms with Gasteiger partial charge in [0.05, 0.1) is 18.5 Å². The minimum atomic E-state index is -0.112. The fourth-order valence-corrected chi connectivity index (χ4v) is 15.5. The number of aromatic nitrogens is 1. The van der Waals surface area contributed by atoms with Gasteiger partial charge in [-0.05, 0) is 206 Å². The van der Waals surface area contributed by atoms with Crippen LogP contribution in [-0.4, -0.2) is 22.3 Å². The normalized spacial score (nSPS) is 29.1. The molecular weight excluding hydrogens is 783 g/mol. The second-order valence-corrected chi connectivity index (χ2v) is 24.6. The van der Waals surface area contributed by atoms with Crippen LogP contribution in [0.2, 0.25) is 0 Å². The zero-order valence-electron chi connectivity index (χ0n) is 40.1. The second kappa shape index (κ2) is 14.7. The minimum Gasteiger partial charge on any atom is -0.507 e. The summed E-state index contributed by atoms with van der Waals surface area (Å²) in [6, 6.07) is 26.8. The van der Waals surface area contributed by atoms with Gasteiger partial charge in [-0.1, -0.05) is 77.9 Å². The lowest BCUT2D eigenvalue weighted by atomic mass is 9.48. The van der Waals surface area contributed by atoms with E-state index in [0.29, 0.717) is 11.5 Å². The molecule has 8 aliphatic carbocycles. The summed E-state index contributed by atoms with van der Waals surface area (Å²) in [6.45, 7) is 18.0. The molecule has 1 heterocycles. The molecular formula is C60H71NO3. The first kappa shape index (κ1) is 42.1. The Morgan fingerprint density at radius 3 is 1.12 bits per heavy atom. The molecule has 8 saturated carbocycles. The van der Waals surface area contributed by atoms with Gasteiger partial charge in [0, 0.05) is 45.5 Å². The number of benzene rings is 4. The van der Waals surface area contributed by atoms with Crippen molar-refractivity contribution in [2.75, 3.05) is 7.11 Å². The van der Waals surface area contributed by atoms with Gasteiger partial charge in [-0.3, -0.25) is 0 Å². The number of aromatic hydroxyl groups is 2. The summed E-state index contributed by atoms with van der Waals surface area (Å²) < 4.78 is 6.19. The number of pyridine rings is 1. The molecule has 0 amide bonds. The summed E-state index contributed by atoms with van der Waals surface area (Å²) >= 11 is 0. The number of nitrogens with zero attached hydrogens (tertiary/aromatic N) is 1. The van der Waals surface area contributed by atoms with Crippen LogP contribution in [-0.2, 0) is 21.7 Å². The molecule has 4 aromatic carbocycles. The lowest BCUT2D eigenvalue weighted by molar-refractivity contribution is -0.00627. The van der Waals surface area contributed by atoms with Crippen molar-refractivity contribution in [3.8, 4) is 62.0 Å². The fraction of sp³-hybridized carbons (Fsp3) is 0.517. The van der Waals surface area contributed by atoms with E-state index in [0.717, 1.165) is 86.0 Å². The lowest BCUT2D eigenvalue weighted by Gasteiger charge is -2.57. The van der Waals surface area contributed by atoms with Crippen LogP contribution in [0.5, 0.6) is 17.2 Å². The number of phenols is 2. The van der Waals surface area contributed by atoms with Crippen molar-refractivity contribution in [2.45, 2.75) is 154 Å². The third-order valence-corrected chi connectivity index (χ3v) is 17.7. The summed E-state index contributed by atoms with van der Waals surface area (Å²) in [5, 5.41) is 25.4. The Kier molecular flexibility index (Phi) is 9.68. The monoisotopic (exact) mass is 854 g/mol. The van der Waals surface area contributed by atoms with Crippen LogP contribution in [0.15, 0.2) is 72.8 Å². The second-order valence-electron chi connectivity index (χ2n) is 24.6. The van der Waals surface area contributed by atoms with E-state index in [2.05, 4.69) is 128 Å². The molecule has 0 aliphatic heterocycles. The first-order valence-corrected chi connectivity index (χ1v) is 24.9. The minimum absolute atomic E-state index is 0.0535. The van der Waals surface area contributed by atoms with Gasteiger partial charge < -0.3 is 14.9 Å². The molecule has 64 heavy (non-hydrogen) atoms. The number of hydrogen-bond donors (Lipinski definition) is 2. The zero-order chi connectivity index (χ0) is 44.7. The molecule has 2 N–H and O–H groups in total. The summed E-state index contributed by atoms with van der Waals surface area (Å²) in [5.41, 5.74) is 14.4. The molecule has 5 aromatic rings. The standard InChI is InChI=1S/C60H71NO3/c1-34-14-49(55(62)51(16-34)59-28-36-18-37(29-59)20-38(19-36)30-59)45-12-10-42(57(3,4)5)24-47(45)53-26-44(64-9)27-54(61-53)48-25-43(58(6,7)8)11-13-46(48)50-15-35(2)17-52(56(50)63)60-31-39-21-40(32-60)23-41(22-39)33-60/h10-17,24-27,36-41,62-63H,18-23,28-33H2,1-9H3. The van der Waals surface area contributed by atoms with Crippen molar-refractivity contribution in [1.29, 1.82) is 0 Å². The van der Waals surface area contributed by atoms with E-state index in [4.69, 9.17) is 9.72 Å². The topological polar surface area (TPSA) is 62.6 Å². The number of ether oxygens (including phenoxy) is 1. The van der Waals surface area contributed by atoms with E-state index in [1.165, 1.54) is 110 Å². The molecule has 0 spiro atoms. The van der Waals surface area contributed by atoms with E-state index in [1.807, 2.05) is 0 Å². The van der Waals surface area contributed by atoms with Crippen LogP contribution in [0.4, 0.5) is 0 Å². The van der Waals surface area contributed by atoms with Crippen molar-refractivity contribution in [2.24, 2.45) is 35.5 Å². The van der Waals surface area contributed by atoms with Crippen molar-refractivity contribution in [1.82, 2.24) is 4.98 Å². The highest BCUT2D eigenvalue weighted by Gasteiger charge is 2.54. The molecule has 0 unspecified atom stereocenters. The summed E-state index contributed by atoms with van der Waals surface area (Å²) in [6.07, 6.45) is 15.4. The smallest absolute Gasteiger partial charge is 0.127 e. The Hall–Kier alpha value is -4.57. The maximum absolute atomic E-state index is 12.7. The number of phenolic OH excluding ortho intramolecular Hbond substituents is 2. The molecule has 334 valence electrons. The van der Waals surface area contributed by atoms with Crippen molar-refractivity contribution >= 4 is 0 Å². The molecule has 8 aliphatic rings. The number of rotatable bonds is 7. The maximum atomic E-state index is 12.7. The highest BCUT2D eigenvalue weighted by Crippen LogP contribution is 2.64. The number of methoxy groups -OCH3 is 1. The Morgan fingerprint density at radius 2 is 0.812 bits per heavy atom. The summed E-state index contributed by atoms with van der Waals surface area (Å²) in [5.74, 6) is 6.31. The van der Waals surface area contributed by atoms with Crippen LogP contribution < -0.4 is 4.74 Å². The number of aryl methyl sites for hydroxylation is 2. The van der Waals surface area contributed by atoms with Crippen LogP contribution >= 0.6 is 0 Å². The average molecular weight is 854 g/mol. The predicted molar refractivity (Wildman–Crippen MR) is 262 cm³/mol. The van der Waals surface area contributed by atoms with Crippen LogP contribution in [0.3, 0.4) is 0 Å². The molecule has 13 rings (SSSR count). The van der Waals surface area contributed by atoms with Gasteiger partial charge in [-0.2, -0.15) is 0 Å². The van der Waals surface area contributed by atoms with Gasteiger partial charge in [-0.25, -0.2) is 4.98 Å². The SMILES string of the molecule is COc1cc(-c2cc(C(C)(C)C)ccc2-c2cc(C)cc(C34CC5CC(CC(C5)C3)C4)c2O)nc(-c2cc(C(C)(C)C)ccc2-c2cc(C)cc(C34CC5CC(CC(C5)C3)C4)c2O)c1. The molecule has 8 bridgehead atoms. The molecule has 4 nitrogen and oxygen atoms in total. The van der Waals surface area contributed by atoms with Crippen molar-refractivity contribution < 1.29 is 14.9 Å². The number of hydrogen-bond acceptors (Lipinski definition) is 4. The highest BCUT2D eigenvalue weighted by molar-refractivity contribution is 5.90. The maximum Gasteiger partial charge on any atom is 0.127 e. The molecule has 1 aromatic heterocycles.